The lowest BCUT2D eigenvalue weighted by Gasteiger charge is -2.26. The Hall–Kier alpha value is -1.02. The predicted molar refractivity (Wildman–Crippen MR) is 80.5 cm³/mol. The molecule has 19 heavy (non-hydrogen) atoms. The molecule has 0 aromatic heterocycles. The normalized spacial score (nSPS) is 23.2. The zero-order valence-electron chi connectivity index (χ0n) is 12.1. The summed E-state index contributed by atoms with van der Waals surface area (Å²) in [7, 11) is 0. The highest BCUT2D eigenvalue weighted by Gasteiger charge is 2.17. The number of benzene rings is 1. The Morgan fingerprint density at radius 3 is 2.79 bits per heavy atom. The van der Waals surface area contributed by atoms with Crippen LogP contribution in [0.25, 0.3) is 0 Å². The summed E-state index contributed by atoms with van der Waals surface area (Å²) in [6.45, 7) is 5.23. The van der Waals surface area contributed by atoms with Gasteiger partial charge in [0.15, 0.2) is 0 Å². The molecule has 0 radical (unpaired) electrons. The molecule has 2 unspecified atom stereocenters. The number of para-hydroxylation sites is 1. The van der Waals surface area contributed by atoms with Crippen molar-refractivity contribution in [3.63, 3.8) is 0 Å². The predicted octanol–water partition coefficient (Wildman–Crippen LogP) is 3.87. The van der Waals surface area contributed by atoms with Crippen LogP contribution in [0.3, 0.4) is 0 Å². The minimum atomic E-state index is 0.755. The van der Waals surface area contributed by atoms with Gasteiger partial charge >= 0.3 is 0 Å². The van der Waals surface area contributed by atoms with E-state index in [1.807, 2.05) is 30.3 Å². The number of rotatable bonds is 7. The SMILES string of the molecule is CC1CCCC(CCNCCOc2ccccc2)C1. The van der Waals surface area contributed by atoms with Crippen molar-refractivity contribution < 1.29 is 4.74 Å². The highest BCUT2D eigenvalue weighted by Crippen LogP contribution is 2.30. The van der Waals surface area contributed by atoms with Crippen molar-refractivity contribution in [3.05, 3.63) is 30.3 Å². The van der Waals surface area contributed by atoms with E-state index in [1.54, 1.807) is 0 Å². The number of ether oxygens (including phenoxy) is 1. The molecule has 2 rings (SSSR count). The Bertz CT molecular complexity index is 338. The molecule has 2 heteroatoms. The van der Waals surface area contributed by atoms with E-state index in [0.29, 0.717) is 0 Å². The van der Waals surface area contributed by atoms with Crippen LogP contribution >= 0.6 is 0 Å². The second-order valence-corrected chi connectivity index (χ2v) is 5.84. The third-order valence-electron chi connectivity index (χ3n) is 4.07. The van der Waals surface area contributed by atoms with Gasteiger partial charge < -0.3 is 10.1 Å². The molecule has 1 fully saturated rings. The maximum absolute atomic E-state index is 5.65. The number of nitrogens with one attached hydrogen (secondary N) is 1. The van der Waals surface area contributed by atoms with Gasteiger partial charge in [-0.25, -0.2) is 0 Å². The summed E-state index contributed by atoms with van der Waals surface area (Å²) >= 11 is 0. The van der Waals surface area contributed by atoms with Gasteiger partial charge in [-0.3, -0.25) is 0 Å². The minimum absolute atomic E-state index is 0.755. The van der Waals surface area contributed by atoms with Crippen molar-refractivity contribution >= 4 is 0 Å². The Kier molecular flexibility index (Phi) is 6.22. The summed E-state index contributed by atoms with van der Waals surface area (Å²) in [4.78, 5) is 0. The van der Waals surface area contributed by atoms with Crippen LogP contribution in [0, 0.1) is 11.8 Å². The van der Waals surface area contributed by atoms with Crippen LogP contribution in [0.4, 0.5) is 0 Å². The molecule has 1 N–H and O–H groups in total. The molecule has 0 spiro atoms. The Balaban J connectivity index is 1.48. The van der Waals surface area contributed by atoms with Crippen LogP contribution in [-0.2, 0) is 0 Å². The second-order valence-electron chi connectivity index (χ2n) is 5.84. The third kappa shape index (κ3) is 5.65. The smallest absolute Gasteiger partial charge is 0.119 e. The van der Waals surface area contributed by atoms with Gasteiger partial charge in [0, 0.05) is 6.54 Å². The topological polar surface area (TPSA) is 21.3 Å². The largest absolute Gasteiger partial charge is 0.492 e. The van der Waals surface area contributed by atoms with Crippen molar-refractivity contribution in [3.8, 4) is 5.75 Å². The zero-order valence-corrected chi connectivity index (χ0v) is 12.1. The average molecular weight is 261 g/mol. The molecule has 2 nitrogen and oxygen atoms in total. The summed E-state index contributed by atoms with van der Waals surface area (Å²) in [5.74, 6) is 2.86. The van der Waals surface area contributed by atoms with E-state index in [9.17, 15) is 0 Å². The van der Waals surface area contributed by atoms with Gasteiger partial charge in [-0.15, -0.1) is 0 Å². The lowest BCUT2D eigenvalue weighted by atomic mass is 9.81. The molecule has 1 saturated carbocycles. The van der Waals surface area contributed by atoms with Gasteiger partial charge in [-0.1, -0.05) is 44.4 Å². The fourth-order valence-corrected chi connectivity index (χ4v) is 3.01. The van der Waals surface area contributed by atoms with E-state index in [2.05, 4.69) is 12.2 Å². The molecule has 1 aliphatic carbocycles. The van der Waals surface area contributed by atoms with Gasteiger partial charge in [0.05, 0.1) is 0 Å². The molecule has 0 amide bonds. The van der Waals surface area contributed by atoms with Crippen LogP contribution in [0.2, 0.25) is 0 Å². The van der Waals surface area contributed by atoms with Crippen molar-refractivity contribution in [2.75, 3.05) is 19.7 Å². The average Bonchev–Trinajstić information content (AvgIpc) is 2.44. The standard InChI is InChI=1S/C17H27NO/c1-15-6-5-7-16(14-15)10-11-18-12-13-19-17-8-3-2-4-9-17/h2-4,8-9,15-16,18H,5-7,10-14H2,1H3. The van der Waals surface area contributed by atoms with Crippen LogP contribution in [-0.4, -0.2) is 19.7 Å². The molecule has 2 atom stereocenters. The Morgan fingerprint density at radius 2 is 2.00 bits per heavy atom. The highest BCUT2D eigenvalue weighted by atomic mass is 16.5. The quantitative estimate of drug-likeness (QED) is 0.752. The molecule has 0 bridgehead atoms. The van der Waals surface area contributed by atoms with Gasteiger partial charge in [-0.05, 0) is 43.4 Å². The maximum Gasteiger partial charge on any atom is 0.119 e. The summed E-state index contributed by atoms with van der Waals surface area (Å²) < 4.78 is 5.65. The molecule has 0 heterocycles. The summed E-state index contributed by atoms with van der Waals surface area (Å²) in [6, 6.07) is 10.0. The first-order chi connectivity index (χ1) is 9.34. The van der Waals surface area contributed by atoms with E-state index in [4.69, 9.17) is 4.74 Å². The molecule has 1 aromatic carbocycles. The third-order valence-corrected chi connectivity index (χ3v) is 4.07. The molecule has 106 valence electrons. The fourth-order valence-electron chi connectivity index (χ4n) is 3.01. The first-order valence-corrected chi connectivity index (χ1v) is 7.73. The zero-order chi connectivity index (χ0) is 13.3. The minimum Gasteiger partial charge on any atom is -0.492 e. The van der Waals surface area contributed by atoms with Gasteiger partial charge in [0.2, 0.25) is 0 Å². The van der Waals surface area contributed by atoms with E-state index >= 15 is 0 Å². The van der Waals surface area contributed by atoms with Crippen molar-refractivity contribution in [2.45, 2.75) is 39.0 Å². The first kappa shape index (κ1) is 14.4. The lowest BCUT2D eigenvalue weighted by molar-refractivity contribution is 0.263. The van der Waals surface area contributed by atoms with Crippen LogP contribution in [0.1, 0.15) is 39.0 Å². The van der Waals surface area contributed by atoms with Crippen molar-refractivity contribution in [1.82, 2.24) is 5.32 Å². The summed E-state index contributed by atoms with van der Waals surface area (Å²) in [6.07, 6.45) is 7.07. The van der Waals surface area contributed by atoms with Gasteiger partial charge in [0.25, 0.3) is 0 Å². The van der Waals surface area contributed by atoms with Crippen LogP contribution < -0.4 is 10.1 Å². The van der Waals surface area contributed by atoms with Gasteiger partial charge in [-0.2, -0.15) is 0 Å². The van der Waals surface area contributed by atoms with Crippen molar-refractivity contribution in [2.24, 2.45) is 11.8 Å². The second kappa shape index (κ2) is 8.21. The molecule has 1 aromatic rings. The molecule has 0 aliphatic heterocycles. The van der Waals surface area contributed by atoms with Crippen molar-refractivity contribution in [1.29, 1.82) is 0 Å². The summed E-state index contributed by atoms with van der Waals surface area (Å²) in [5.41, 5.74) is 0. The lowest BCUT2D eigenvalue weighted by Crippen LogP contribution is -2.25. The van der Waals surface area contributed by atoms with E-state index in [-0.39, 0.29) is 0 Å². The first-order valence-electron chi connectivity index (χ1n) is 7.73. The van der Waals surface area contributed by atoms with Gasteiger partial charge in [0.1, 0.15) is 12.4 Å². The summed E-state index contributed by atoms with van der Waals surface area (Å²) in [5, 5.41) is 3.49. The molecular weight excluding hydrogens is 234 g/mol. The Labute approximate surface area is 117 Å². The van der Waals surface area contributed by atoms with Crippen LogP contribution in [0.5, 0.6) is 5.75 Å². The number of hydrogen-bond donors (Lipinski definition) is 1. The monoisotopic (exact) mass is 261 g/mol. The molecule has 0 saturated heterocycles. The number of hydrogen-bond acceptors (Lipinski definition) is 2. The van der Waals surface area contributed by atoms with Crippen LogP contribution in [0.15, 0.2) is 30.3 Å². The Morgan fingerprint density at radius 1 is 1.16 bits per heavy atom. The fraction of sp³-hybridized carbons (Fsp3) is 0.647. The van der Waals surface area contributed by atoms with E-state index in [0.717, 1.165) is 37.3 Å². The highest BCUT2D eigenvalue weighted by molar-refractivity contribution is 5.20. The van der Waals surface area contributed by atoms with E-state index < -0.39 is 0 Å². The molecule has 1 aliphatic rings. The molecular formula is C17H27NO. The van der Waals surface area contributed by atoms with E-state index in [1.165, 1.54) is 32.1 Å². The maximum atomic E-state index is 5.65.